The van der Waals surface area contributed by atoms with E-state index in [0.29, 0.717) is 17.9 Å². The van der Waals surface area contributed by atoms with Gasteiger partial charge < -0.3 is 33.9 Å². The van der Waals surface area contributed by atoms with Crippen LogP contribution in [0.25, 0.3) is 0 Å². The number of carboxylic acids is 1. The zero-order chi connectivity index (χ0) is 27.4. The van der Waals surface area contributed by atoms with Crippen molar-refractivity contribution in [2.24, 2.45) is 5.92 Å². The summed E-state index contributed by atoms with van der Waals surface area (Å²) >= 11 is 0. The Kier molecular flexibility index (Phi) is 6.37. The molecule has 1 aromatic carbocycles. The molecule has 5 rings (SSSR count). The van der Waals surface area contributed by atoms with Crippen molar-refractivity contribution in [3.8, 4) is 11.5 Å². The van der Waals surface area contributed by atoms with E-state index in [9.17, 15) is 24.3 Å². The minimum absolute atomic E-state index is 0.0296. The third kappa shape index (κ3) is 3.82. The van der Waals surface area contributed by atoms with E-state index in [1.165, 1.54) is 6.92 Å². The van der Waals surface area contributed by atoms with Crippen LogP contribution in [0.4, 0.5) is 0 Å². The Labute approximate surface area is 218 Å². The Morgan fingerprint density at radius 2 is 1.97 bits per heavy atom. The number of aliphatic carboxylic acids is 1. The standard InChI is InChI=1S/C27H30O11/c1-13(35-20(29)12-19(24(30)31)36-14(2)28)25(32)37-18-8-10-27(33)16-5-4-9-26(27)21-15(11-16)6-7-17(34-3)22(21)38-23(18)26/h6-8,13,16,19,23,33H,4-5,9-12H2,1-3H3,(H,30,31)/t13-,16-,19-,23+,26+,27-/m0/s1. The molecule has 204 valence electrons. The Bertz CT molecular complexity index is 1240. The lowest BCUT2D eigenvalue weighted by Crippen LogP contribution is -2.67. The first kappa shape index (κ1) is 26.0. The molecule has 1 spiro atoms. The molecule has 2 bridgehead atoms. The molecule has 11 heteroatoms. The van der Waals surface area contributed by atoms with Gasteiger partial charge in [0.1, 0.15) is 5.76 Å². The van der Waals surface area contributed by atoms with Gasteiger partial charge in [-0.15, -0.1) is 0 Å². The Morgan fingerprint density at radius 1 is 1.21 bits per heavy atom. The molecule has 0 unspecified atom stereocenters. The minimum Gasteiger partial charge on any atom is -0.493 e. The molecular formula is C27H30O11. The van der Waals surface area contributed by atoms with Crippen molar-refractivity contribution >= 4 is 23.9 Å². The largest absolute Gasteiger partial charge is 0.493 e. The van der Waals surface area contributed by atoms with Crippen LogP contribution in [-0.4, -0.2) is 65.1 Å². The van der Waals surface area contributed by atoms with Crippen molar-refractivity contribution in [3.63, 3.8) is 0 Å². The maximum absolute atomic E-state index is 13.0. The Morgan fingerprint density at radius 3 is 2.66 bits per heavy atom. The number of ether oxygens (including phenoxy) is 5. The van der Waals surface area contributed by atoms with Gasteiger partial charge in [0.2, 0.25) is 6.10 Å². The number of rotatable bonds is 8. The molecule has 6 atom stereocenters. The lowest BCUT2D eigenvalue weighted by Gasteiger charge is -2.59. The first-order valence-electron chi connectivity index (χ1n) is 12.6. The molecule has 11 nitrogen and oxygen atoms in total. The molecule has 4 aliphatic rings. The predicted octanol–water partition coefficient (Wildman–Crippen LogP) is 1.95. The third-order valence-electron chi connectivity index (χ3n) is 8.26. The molecule has 2 N–H and O–H groups in total. The SMILES string of the molecule is COc1ccc2c3c1O[C@@H]1C(OC(=O)[C@H](C)OC(=O)C[C@H](OC(C)=O)C(=O)O)=CC[C@]4(O)[C@@H](CCC[C@@]314)C2. The average molecular weight is 531 g/mol. The lowest BCUT2D eigenvalue weighted by atomic mass is 9.47. The smallest absolute Gasteiger partial charge is 0.352 e. The van der Waals surface area contributed by atoms with Gasteiger partial charge in [-0.1, -0.05) is 12.5 Å². The fourth-order valence-corrected chi connectivity index (χ4v) is 6.71. The number of benzene rings is 1. The van der Waals surface area contributed by atoms with Crippen LogP contribution in [0.2, 0.25) is 0 Å². The number of carboxylic acid groups (broad SMARTS) is 1. The monoisotopic (exact) mass is 530 g/mol. The molecular weight excluding hydrogens is 500 g/mol. The van der Waals surface area contributed by atoms with Crippen molar-refractivity contribution in [1.29, 1.82) is 0 Å². The normalized spacial score (nSPS) is 29.5. The van der Waals surface area contributed by atoms with Gasteiger partial charge in [0.05, 0.1) is 24.5 Å². The maximum atomic E-state index is 13.0. The second kappa shape index (κ2) is 9.30. The van der Waals surface area contributed by atoms with Crippen LogP contribution in [0, 0.1) is 5.92 Å². The summed E-state index contributed by atoms with van der Waals surface area (Å²) < 4.78 is 27.3. The molecule has 1 heterocycles. The molecule has 38 heavy (non-hydrogen) atoms. The van der Waals surface area contributed by atoms with Crippen molar-refractivity contribution < 1.29 is 53.1 Å². The van der Waals surface area contributed by atoms with Gasteiger partial charge in [0, 0.05) is 12.5 Å². The molecule has 1 fully saturated rings. The zero-order valence-corrected chi connectivity index (χ0v) is 21.4. The number of carbonyl (C=O) groups is 4. The number of hydrogen-bond acceptors (Lipinski definition) is 10. The molecule has 0 saturated heterocycles. The molecule has 1 saturated carbocycles. The highest BCUT2D eigenvalue weighted by Gasteiger charge is 2.71. The summed E-state index contributed by atoms with van der Waals surface area (Å²) in [5.41, 5.74) is 0.118. The number of methoxy groups -OCH3 is 1. The third-order valence-corrected chi connectivity index (χ3v) is 8.26. The van der Waals surface area contributed by atoms with Crippen LogP contribution >= 0.6 is 0 Å². The van der Waals surface area contributed by atoms with E-state index in [0.717, 1.165) is 37.3 Å². The second-order valence-corrected chi connectivity index (χ2v) is 10.3. The first-order chi connectivity index (χ1) is 18.0. The van der Waals surface area contributed by atoms with Crippen molar-refractivity contribution in [1.82, 2.24) is 0 Å². The first-order valence-corrected chi connectivity index (χ1v) is 12.6. The van der Waals surface area contributed by atoms with E-state index >= 15 is 0 Å². The topological polar surface area (TPSA) is 155 Å². The highest BCUT2D eigenvalue weighted by Crippen LogP contribution is 2.67. The van der Waals surface area contributed by atoms with Crippen LogP contribution in [0.1, 0.15) is 57.1 Å². The number of esters is 3. The van der Waals surface area contributed by atoms with Gasteiger partial charge in [-0.3, -0.25) is 9.59 Å². The van der Waals surface area contributed by atoms with Crippen LogP contribution in [-0.2, 0) is 45.2 Å². The molecule has 0 aromatic heterocycles. The quantitative estimate of drug-likeness (QED) is 0.374. The van der Waals surface area contributed by atoms with Gasteiger partial charge in [0.15, 0.2) is 23.7 Å². The fraction of sp³-hybridized carbons (Fsp3) is 0.556. The van der Waals surface area contributed by atoms with Crippen LogP contribution in [0.15, 0.2) is 24.0 Å². The molecule has 0 amide bonds. The summed E-state index contributed by atoms with van der Waals surface area (Å²) in [6.45, 7) is 2.31. The van der Waals surface area contributed by atoms with E-state index < -0.39 is 59.6 Å². The molecule has 1 aromatic rings. The van der Waals surface area contributed by atoms with Crippen LogP contribution in [0.3, 0.4) is 0 Å². The van der Waals surface area contributed by atoms with Crippen molar-refractivity contribution in [2.75, 3.05) is 7.11 Å². The van der Waals surface area contributed by atoms with E-state index in [-0.39, 0.29) is 18.1 Å². The summed E-state index contributed by atoms with van der Waals surface area (Å²) in [6, 6.07) is 3.86. The summed E-state index contributed by atoms with van der Waals surface area (Å²) in [4.78, 5) is 47.5. The van der Waals surface area contributed by atoms with Gasteiger partial charge in [-0.2, -0.15) is 0 Å². The Hall–Kier alpha value is -3.60. The highest BCUT2D eigenvalue weighted by atomic mass is 16.6. The zero-order valence-electron chi connectivity index (χ0n) is 21.4. The average Bonchev–Trinajstić information content (AvgIpc) is 3.19. The molecule has 1 aliphatic heterocycles. The number of hydrogen-bond donors (Lipinski definition) is 2. The van der Waals surface area contributed by atoms with Gasteiger partial charge >= 0.3 is 23.9 Å². The van der Waals surface area contributed by atoms with Gasteiger partial charge in [0.25, 0.3) is 0 Å². The second-order valence-electron chi connectivity index (χ2n) is 10.3. The van der Waals surface area contributed by atoms with E-state index in [1.54, 1.807) is 13.2 Å². The predicted molar refractivity (Wildman–Crippen MR) is 127 cm³/mol. The summed E-state index contributed by atoms with van der Waals surface area (Å²) in [7, 11) is 1.54. The number of aliphatic hydroxyl groups is 1. The van der Waals surface area contributed by atoms with E-state index in [2.05, 4.69) is 4.74 Å². The van der Waals surface area contributed by atoms with E-state index in [1.807, 2.05) is 12.1 Å². The highest BCUT2D eigenvalue weighted by molar-refractivity contribution is 5.85. The number of carbonyl (C=O) groups excluding carboxylic acids is 3. The van der Waals surface area contributed by atoms with Crippen LogP contribution in [0.5, 0.6) is 11.5 Å². The molecule has 3 aliphatic carbocycles. The summed E-state index contributed by atoms with van der Waals surface area (Å²) in [6.07, 6.45) is 0.403. The Balaban J connectivity index is 1.36. The van der Waals surface area contributed by atoms with Gasteiger partial charge in [-0.05, 0) is 56.2 Å². The minimum atomic E-state index is -1.74. The molecule has 0 radical (unpaired) electrons. The van der Waals surface area contributed by atoms with Crippen LogP contribution < -0.4 is 9.47 Å². The van der Waals surface area contributed by atoms with E-state index in [4.69, 9.17) is 24.1 Å². The van der Waals surface area contributed by atoms with Gasteiger partial charge in [-0.25, -0.2) is 9.59 Å². The summed E-state index contributed by atoms with van der Waals surface area (Å²) in [5.74, 6) is -2.99. The summed E-state index contributed by atoms with van der Waals surface area (Å²) in [5, 5.41) is 21.2. The fourth-order valence-electron chi connectivity index (χ4n) is 6.71. The van der Waals surface area contributed by atoms with Crippen molar-refractivity contribution in [2.45, 2.75) is 81.7 Å². The van der Waals surface area contributed by atoms with Crippen molar-refractivity contribution in [3.05, 3.63) is 35.1 Å². The maximum Gasteiger partial charge on any atom is 0.352 e. The lowest BCUT2D eigenvalue weighted by molar-refractivity contribution is -0.175.